The van der Waals surface area contributed by atoms with Gasteiger partial charge in [-0.05, 0) is 43.9 Å². The molecule has 1 aromatic rings. The number of amides is 1. The summed E-state index contributed by atoms with van der Waals surface area (Å²) in [5, 5.41) is 6.83. The molecule has 1 amide bonds. The second-order valence-electron chi connectivity index (χ2n) is 7.72. The van der Waals surface area contributed by atoms with E-state index < -0.39 is 0 Å². The summed E-state index contributed by atoms with van der Waals surface area (Å²) in [6, 6.07) is 8.46. The van der Waals surface area contributed by atoms with Crippen LogP contribution in [0.15, 0.2) is 29.3 Å². The molecule has 1 saturated carbocycles. The number of guanidine groups is 1. The first-order valence-corrected chi connectivity index (χ1v) is 10.7. The van der Waals surface area contributed by atoms with Crippen molar-refractivity contribution in [3.8, 4) is 5.75 Å². The van der Waals surface area contributed by atoms with Crippen molar-refractivity contribution in [3.05, 3.63) is 29.8 Å². The molecule has 0 aromatic heterocycles. The van der Waals surface area contributed by atoms with E-state index in [1.807, 2.05) is 31.2 Å². The zero-order chi connectivity index (χ0) is 20.5. The number of likely N-dealkylation sites (tertiary alicyclic amines) is 1. The maximum Gasteiger partial charge on any atom is 0.223 e. The van der Waals surface area contributed by atoms with Gasteiger partial charge in [0.1, 0.15) is 5.75 Å². The van der Waals surface area contributed by atoms with Gasteiger partial charge in [-0.15, -0.1) is 24.0 Å². The SMILES string of the molecule is CCOCCCNC(=NCc1ccc(OC)cc1)NCC1CC(=O)N(C2CC2)C1.I. The van der Waals surface area contributed by atoms with E-state index in [2.05, 4.69) is 15.5 Å². The van der Waals surface area contributed by atoms with Crippen LogP contribution in [0.3, 0.4) is 0 Å². The molecule has 1 aliphatic carbocycles. The molecule has 7 nitrogen and oxygen atoms in total. The van der Waals surface area contributed by atoms with Crippen LogP contribution in [0, 0.1) is 5.92 Å². The predicted octanol–water partition coefficient (Wildman–Crippen LogP) is 2.79. The molecule has 2 aliphatic rings. The predicted molar refractivity (Wildman–Crippen MR) is 130 cm³/mol. The van der Waals surface area contributed by atoms with Crippen molar-refractivity contribution in [3.63, 3.8) is 0 Å². The Kier molecular flexibility index (Phi) is 10.7. The molecule has 1 aliphatic heterocycles. The molecule has 1 unspecified atom stereocenters. The van der Waals surface area contributed by atoms with E-state index in [1.165, 1.54) is 12.8 Å². The van der Waals surface area contributed by atoms with Gasteiger partial charge in [0.15, 0.2) is 5.96 Å². The Bertz CT molecular complexity index is 679. The van der Waals surface area contributed by atoms with E-state index in [1.54, 1.807) is 7.11 Å². The van der Waals surface area contributed by atoms with E-state index >= 15 is 0 Å². The highest BCUT2D eigenvalue weighted by Gasteiger charge is 2.39. The number of nitrogens with zero attached hydrogens (tertiary/aromatic N) is 2. The number of halogens is 1. The molecule has 1 heterocycles. The van der Waals surface area contributed by atoms with Crippen LogP contribution in [-0.2, 0) is 16.1 Å². The number of benzene rings is 1. The summed E-state index contributed by atoms with van der Waals surface area (Å²) < 4.78 is 10.6. The van der Waals surface area contributed by atoms with Crippen molar-refractivity contribution in [1.29, 1.82) is 0 Å². The standard InChI is InChI=1S/C22H34N4O3.HI/c1-3-29-12-4-11-23-22(24-14-17-5-9-20(28-2)10-6-17)25-15-18-13-21(27)26(16-18)19-7-8-19;/h5-6,9-10,18-19H,3-4,7-8,11-16H2,1-2H3,(H2,23,24,25);1H. The average molecular weight is 530 g/mol. The van der Waals surface area contributed by atoms with E-state index in [4.69, 9.17) is 14.5 Å². The van der Waals surface area contributed by atoms with Crippen molar-refractivity contribution in [2.24, 2.45) is 10.9 Å². The Hall–Kier alpha value is -1.55. The molecule has 0 spiro atoms. The summed E-state index contributed by atoms with van der Waals surface area (Å²) in [5.41, 5.74) is 1.12. The van der Waals surface area contributed by atoms with Gasteiger partial charge < -0.3 is 25.0 Å². The average Bonchev–Trinajstić information content (AvgIpc) is 3.52. The van der Waals surface area contributed by atoms with Crippen LogP contribution in [0.4, 0.5) is 0 Å². The number of rotatable bonds is 11. The van der Waals surface area contributed by atoms with Gasteiger partial charge in [0.25, 0.3) is 0 Å². The molecule has 0 radical (unpaired) electrons. The molecule has 1 saturated heterocycles. The van der Waals surface area contributed by atoms with Crippen LogP contribution in [0.5, 0.6) is 5.75 Å². The lowest BCUT2D eigenvalue weighted by molar-refractivity contribution is -0.128. The van der Waals surface area contributed by atoms with Gasteiger partial charge in [0.2, 0.25) is 5.91 Å². The quantitative estimate of drug-likeness (QED) is 0.199. The lowest BCUT2D eigenvalue weighted by Gasteiger charge is -2.17. The molecule has 2 fully saturated rings. The molecule has 3 rings (SSSR count). The van der Waals surface area contributed by atoms with Gasteiger partial charge in [-0.2, -0.15) is 0 Å². The largest absolute Gasteiger partial charge is 0.497 e. The van der Waals surface area contributed by atoms with Gasteiger partial charge >= 0.3 is 0 Å². The minimum Gasteiger partial charge on any atom is -0.497 e. The minimum atomic E-state index is 0. The maximum absolute atomic E-state index is 12.2. The smallest absolute Gasteiger partial charge is 0.223 e. The Morgan fingerprint density at radius 2 is 2.00 bits per heavy atom. The highest BCUT2D eigenvalue weighted by atomic mass is 127. The Morgan fingerprint density at radius 3 is 2.67 bits per heavy atom. The van der Waals surface area contributed by atoms with Crippen LogP contribution in [0.1, 0.15) is 38.2 Å². The summed E-state index contributed by atoms with van der Waals surface area (Å²) in [4.78, 5) is 19.0. The Morgan fingerprint density at radius 1 is 1.23 bits per heavy atom. The second kappa shape index (κ2) is 13.0. The fourth-order valence-electron chi connectivity index (χ4n) is 3.53. The third-order valence-electron chi connectivity index (χ3n) is 5.33. The van der Waals surface area contributed by atoms with Gasteiger partial charge in [0, 0.05) is 51.2 Å². The molecular weight excluding hydrogens is 495 g/mol. The summed E-state index contributed by atoms with van der Waals surface area (Å²) in [7, 11) is 1.67. The number of hydrogen-bond donors (Lipinski definition) is 2. The lowest BCUT2D eigenvalue weighted by atomic mass is 10.1. The van der Waals surface area contributed by atoms with Gasteiger partial charge in [-0.1, -0.05) is 12.1 Å². The fraction of sp³-hybridized carbons (Fsp3) is 0.636. The van der Waals surface area contributed by atoms with Crippen LogP contribution in [-0.4, -0.2) is 62.8 Å². The Labute approximate surface area is 197 Å². The second-order valence-corrected chi connectivity index (χ2v) is 7.72. The summed E-state index contributed by atoms with van der Waals surface area (Å²) in [6.45, 7) is 6.49. The Balaban J connectivity index is 0.00000320. The number of carbonyl (C=O) groups excluding carboxylic acids is 1. The topological polar surface area (TPSA) is 75.2 Å². The van der Waals surface area contributed by atoms with Gasteiger partial charge in [0.05, 0.1) is 13.7 Å². The van der Waals surface area contributed by atoms with E-state index in [0.29, 0.717) is 30.8 Å². The minimum absolute atomic E-state index is 0. The van der Waals surface area contributed by atoms with E-state index in [-0.39, 0.29) is 24.0 Å². The first-order chi connectivity index (χ1) is 14.2. The zero-order valence-electron chi connectivity index (χ0n) is 18.1. The van der Waals surface area contributed by atoms with Gasteiger partial charge in [-0.3, -0.25) is 4.79 Å². The molecule has 8 heteroatoms. The normalized spacial score (nSPS) is 18.9. The highest BCUT2D eigenvalue weighted by molar-refractivity contribution is 14.0. The van der Waals surface area contributed by atoms with E-state index in [9.17, 15) is 4.79 Å². The molecule has 2 N–H and O–H groups in total. The van der Waals surface area contributed by atoms with Crippen LogP contribution >= 0.6 is 24.0 Å². The summed E-state index contributed by atoms with van der Waals surface area (Å²) in [6.07, 6.45) is 3.90. The number of aliphatic imine (C=N–C) groups is 1. The van der Waals surface area contributed by atoms with Crippen molar-refractivity contribution in [2.75, 3.05) is 40.0 Å². The van der Waals surface area contributed by atoms with E-state index in [0.717, 1.165) is 56.5 Å². The third-order valence-corrected chi connectivity index (χ3v) is 5.33. The van der Waals surface area contributed by atoms with Crippen LogP contribution in [0.25, 0.3) is 0 Å². The number of methoxy groups -OCH3 is 1. The molecule has 168 valence electrons. The number of hydrogen-bond acceptors (Lipinski definition) is 4. The van der Waals surface area contributed by atoms with Crippen LogP contribution < -0.4 is 15.4 Å². The molecular formula is C22H35IN4O3. The van der Waals surface area contributed by atoms with Crippen molar-refractivity contribution in [2.45, 2.75) is 45.2 Å². The lowest BCUT2D eigenvalue weighted by Crippen LogP contribution is -2.41. The first-order valence-electron chi connectivity index (χ1n) is 10.7. The third kappa shape index (κ3) is 7.94. The molecule has 30 heavy (non-hydrogen) atoms. The number of ether oxygens (including phenoxy) is 2. The monoisotopic (exact) mass is 530 g/mol. The number of carbonyl (C=O) groups is 1. The summed E-state index contributed by atoms with van der Waals surface area (Å²) in [5.74, 6) is 2.28. The van der Waals surface area contributed by atoms with Crippen LogP contribution in [0.2, 0.25) is 0 Å². The molecule has 0 bridgehead atoms. The molecule has 1 atom stereocenters. The molecule has 1 aromatic carbocycles. The zero-order valence-corrected chi connectivity index (χ0v) is 20.4. The maximum atomic E-state index is 12.2. The van der Waals surface area contributed by atoms with Crippen molar-refractivity contribution >= 4 is 35.8 Å². The summed E-state index contributed by atoms with van der Waals surface area (Å²) >= 11 is 0. The first kappa shape index (κ1) is 24.7. The van der Waals surface area contributed by atoms with Crippen molar-refractivity contribution < 1.29 is 14.3 Å². The van der Waals surface area contributed by atoms with Gasteiger partial charge in [-0.25, -0.2) is 4.99 Å². The van der Waals surface area contributed by atoms with Crippen molar-refractivity contribution in [1.82, 2.24) is 15.5 Å². The fourth-order valence-corrected chi connectivity index (χ4v) is 3.53. The number of nitrogens with one attached hydrogen (secondary N) is 2. The highest BCUT2D eigenvalue weighted by Crippen LogP contribution is 2.32.